The summed E-state index contributed by atoms with van der Waals surface area (Å²) in [6.45, 7) is 26.0. The fourth-order valence-corrected chi connectivity index (χ4v) is 23.0. The summed E-state index contributed by atoms with van der Waals surface area (Å²) >= 11 is 8.25. The van der Waals surface area contributed by atoms with Crippen molar-refractivity contribution in [2.45, 2.75) is 239 Å². The summed E-state index contributed by atoms with van der Waals surface area (Å²) < 4.78 is 38.3. The van der Waals surface area contributed by atoms with Crippen LogP contribution in [0.15, 0.2) is 42.1 Å². The van der Waals surface area contributed by atoms with E-state index in [0.717, 1.165) is 74.4 Å². The van der Waals surface area contributed by atoms with Crippen LogP contribution in [0.25, 0.3) is 55.8 Å². The lowest BCUT2D eigenvalue weighted by atomic mass is 10.1. The minimum atomic E-state index is -1.28. The zero-order valence-electron chi connectivity index (χ0n) is 79.6. The Labute approximate surface area is 791 Å². The van der Waals surface area contributed by atoms with Crippen LogP contribution in [0.4, 0.5) is 11.9 Å². The van der Waals surface area contributed by atoms with Gasteiger partial charge in [-0.3, -0.25) is 47.0 Å². The number of anilines is 2. The SMILES string of the molecule is C=P(C)(C)CC[C@H]1O[C@@H](n2c(N)nc3c(=O)[nH]c(C)nc32)[C@H](O)[C@@H]1O.C=P(C)(C)CC[C@H]1O[C@@H](n2c(SCCCC)nc3c(=O)[nH]c(C)nc32)[C@H](O)[C@@H]1O.C=P(C)(C)CC[C@H]1O[C@@H](n2c(SCCCCC)nc3c(=O)[nH]c(C)nc32)[C@H](O)[C@@H]1O.C=P(C)(C)CC[C@H]1O[C@@H](n2cnc3c(=O)[nH]c(N(C)C)nc32)[C@H](O)[C@@H]1O.C=P(C)(C)CC[C@H]1O[C@@H](n2cnc3c(=S)nc(C)[nH]c32)[C@H](O)[C@@H]1O. The van der Waals surface area contributed by atoms with Gasteiger partial charge in [0.2, 0.25) is 11.9 Å². The first-order valence-electron chi connectivity index (χ1n) is 44.6. The number of imidazole rings is 5. The number of ether oxygens (including phenoxy) is 5. The molecule has 10 aromatic rings. The number of aromatic amines is 5. The van der Waals surface area contributed by atoms with Gasteiger partial charge in [-0.25, -0.2) is 44.9 Å². The summed E-state index contributed by atoms with van der Waals surface area (Å²) in [7, 11) is 3.52. The minimum absolute atomic E-state index is 0.000452. The molecule has 49 heteroatoms. The monoisotopic (exact) mass is 2020 g/mol. The van der Waals surface area contributed by atoms with Crippen molar-refractivity contribution in [1.29, 1.82) is 0 Å². The van der Waals surface area contributed by atoms with E-state index < -0.39 is 163 Å². The number of aliphatic hydroxyl groups excluding tert-OH is 10. The van der Waals surface area contributed by atoms with E-state index in [-0.39, 0.29) is 50.3 Å². The van der Waals surface area contributed by atoms with Crippen molar-refractivity contribution in [3.05, 3.63) is 82.0 Å². The Balaban J connectivity index is 0.000000162. The van der Waals surface area contributed by atoms with Crippen LogP contribution in [0.2, 0.25) is 0 Å². The first-order valence-corrected chi connectivity index (χ1v) is 62.2. The van der Waals surface area contributed by atoms with Crippen molar-refractivity contribution in [2.75, 3.05) is 134 Å². The molecule has 0 aromatic carbocycles. The van der Waals surface area contributed by atoms with Gasteiger partial charge >= 0.3 is 0 Å². The molecule has 5 saturated heterocycles. The Morgan fingerprint density at radius 1 is 0.396 bits per heavy atom. The zero-order chi connectivity index (χ0) is 98.8. The van der Waals surface area contributed by atoms with E-state index >= 15 is 0 Å². The average molecular weight is 2020 g/mol. The maximum atomic E-state index is 12.4. The molecular weight excluding hydrogens is 1880 g/mol. The van der Waals surface area contributed by atoms with Gasteiger partial charge in [-0.2, -0.15) is 4.98 Å². The maximum Gasteiger partial charge on any atom is 0.280 e. The number of thioether (sulfide) groups is 2. The van der Waals surface area contributed by atoms with Gasteiger partial charge in [-0.15, -0.1) is 65.9 Å². The van der Waals surface area contributed by atoms with Crippen LogP contribution in [0.1, 0.15) is 132 Å². The third-order valence-electron chi connectivity index (χ3n) is 23.2. The quantitative estimate of drug-likeness (QED) is 0.0112. The van der Waals surface area contributed by atoms with Gasteiger partial charge < -0.3 is 105 Å². The summed E-state index contributed by atoms with van der Waals surface area (Å²) in [6, 6.07) is 0. The number of aromatic nitrogens is 20. The van der Waals surface area contributed by atoms with E-state index in [0.29, 0.717) is 104 Å². The molecule has 5 aliphatic heterocycles. The van der Waals surface area contributed by atoms with Crippen molar-refractivity contribution in [1.82, 2.24) is 97.6 Å². The molecule has 0 saturated carbocycles. The molecular formula is C85H137N22O19P5S3. The molecule has 15 rings (SSSR count). The van der Waals surface area contributed by atoms with Crippen LogP contribution in [-0.4, -0.2) is 395 Å². The third-order valence-corrected chi connectivity index (χ3v) is 32.9. The second kappa shape index (κ2) is 44.5. The normalized spacial score (nSPS) is 26.2. The molecule has 744 valence electrons. The molecule has 0 radical (unpaired) electrons. The topological polar surface area (TPSA) is 578 Å². The number of aliphatic hydroxyl groups is 10. The van der Waals surface area contributed by atoms with Gasteiger partial charge in [-0.1, -0.05) is 68.9 Å². The fourth-order valence-electron chi connectivity index (χ4n) is 15.9. The van der Waals surface area contributed by atoms with Crippen molar-refractivity contribution >= 4 is 169 Å². The minimum Gasteiger partial charge on any atom is -0.388 e. The molecule has 10 aromatic heterocycles. The van der Waals surface area contributed by atoms with E-state index in [4.69, 9.17) is 41.6 Å². The summed E-state index contributed by atoms with van der Waals surface area (Å²) in [5.41, 5.74) is 7.62. The number of hydrogen-bond donors (Lipinski definition) is 16. The first-order chi connectivity index (χ1) is 62.6. The number of rotatable bonds is 30. The third kappa shape index (κ3) is 26.1. The Kier molecular flexibility index (Phi) is 35.8. The number of nitrogens with two attached hydrogens (primary N) is 1. The number of H-pyrrole nitrogens is 5. The molecule has 15 heterocycles. The molecule has 0 bridgehead atoms. The standard InChI is InChI=1S/C20H33N4O4PS.C19H31N4O4PS.C16H26N5O4P.C15H24N5O4P.C15H23N4O3PS/c1-6-7-8-11-30-20-23-14-17(21-12(2)22-18(14)27)24(20)19-16(26)15(25)13(28-19)9-10-29(3,4)5;1-6-7-10-29-19-22-13-16(20-11(2)21-17(13)26)23(19)18-15(25)14(24)12(27-18)8-9-28(3,4)5;1-20(2)16-18-13-10(14(24)19-16)17-8-21(13)15-12(23)11(22)9(25-15)6-7-26(3,4)5;1-7-17-12-9(13(23)18-7)19-15(16)20(12)14-11(22)10(21)8(24-14)5-6-25(2,3)4;1-8-17-13-10(14(24)18-8)16-7-19(13)15-12(21)11(20)9(22-15)5-6-23(2,3)4/h13,15-16,19,25-26H,3,6-11H2,1-2,4-5H3,(H,21,22,27);12,14-15,18,24-25H,3,6-10H2,1-2,4-5H3,(H,20,21,26);8-9,11-12,15,22-23H,3,6-7H2,1-2,4-5H3,(H,18,19,24);8,10-11,14,21-22H,2,5-6H2,1,3-4H3,(H2,16,19)(H,17,18,23);7,9,11-12,15,20-21H,2,5-6H2,1,3-4H3,(H,17,18,24)/t13-,15-,16-,19-;12-,14-,15-,18-;9-,11-,12-,15-;8-,10-,11-,14-;9-,11-,12-,15-/m11111/s1. The highest BCUT2D eigenvalue weighted by Crippen LogP contribution is 2.47. The van der Waals surface area contributed by atoms with Crippen molar-refractivity contribution in [3.8, 4) is 0 Å². The van der Waals surface area contributed by atoms with Gasteiger partial charge in [0.05, 0.1) is 43.2 Å². The number of hydrogen-bond acceptors (Lipinski definition) is 34. The van der Waals surface area contributed by atoms with E-state index in [9.17, 15) is 70.2 Å². The Morgan fingerprint density at radius 2 is 0.709 bits per heavy atom. The zero-order valence-corrected chi connectivity index (χ0v) is 86.5. The van der Waals surface area contributed by atoms with Gasteiger partial charge in [0, 0.05) is 25.6 Å². The summed E-state index contributed by atoms with van der Waals surface area (Å²) in [5, 5.41) is 106. The first kappa shape index (κ1) is 108. The van der Waals surface area contributed by atoms with Crippen LogP contribution in [-0.2, 0) is 23.7 Å². The average Bonchev–Trinajstić information content (AvgIpc) is 1.60. The lowest BCUT2D eigenvalue weighted by Gasteiger charge is -2.20. The smallest absolute Gasteiger partial charge is 0.280 e. The summed E-state index contributed by atoms with van der Waals surface area (Å²) in [4.78, 5) is 108. The van der Waals surface area contributed by atoms with Gasteiger partial charge in [0.25, 0.3) is 22.2 Å². The molecule has 41 nitrogen and oxygen atoms in total. The van der Waals surface area contributed by atoms with E-state index in [1.807, 2.05) is 0 Å². The molecule has 20 atom stereocenters. The van der Waals surface area contributed by atoms with Gasteiger partial charge in [0.1, 0.15) is 95.5 Å². The number of fused-ring (bicyclic) bond motifs is 5. The number of nitrogens with one attached hydrogen (secondary N) is 5. The number of nitrogen functional groups attached to an aromatic ring is 1. The molecule has 0 amide bonds. The van der Waals surface area contributed by atoms with E-state index in [1.165, 1.54) is 39.0 Å². The molecule has 17 N–H and O–H groups in total. The number of nitrogens with zero attached hydrogens (tertiary/aromatic N) is 16. The summed E-state index contributed by atoms with van der Waals surface area (Å²) in [5.74, 6) is 4.01. The maximum absolute atomic E-state index is 12.4. The number of aryl methyl sites for hydroxylation is 4. The van der Waals surface area contributed by atoms with Gasteiger partial charge in [-0.05, 0) is 170 Å². The van der Waals surface area contributed by atoms with Crippen LogP contribution in [0.5, 0.6) is 0 Å². The molecule has 5 aliphatic rings. The molecule has 0 aliphatic carbocycles. The molecule has 0 unspecified atom stereocenters. The molecule has 0 spiro atoms. The van der Waals surface area contributed by atoms with Crippen LogP contribution < -0.4 is 32.9 Å². The van der Waals surface area contributed by atoms with Crippen LogP contribution in [0, 0.1) is 32.3 Å². The highest BCUT2D eigenvalue weighted by atomic mass is 32.2. The number of unbranched alkanes of at least 4 members (excludes halogenated alkanes) is 3. The second-order valence-electron chi connectivity index (χ2n) is 38.7. The Bertz CT molecular complexity index is 6360. The lowest BCUT2D eigenvalue weighted by molar-refractivity contribution is -0.0400. The largest absolute Gasteiger partial charge is 0.388 e. The van der Waals surface area contributed by atoms with Crippen LogP contribution in [0.3, 0.4) is 0 Å². The highest BCUT2D eigenvalue weighted by molar-refractivity contribution is 7.99. The van der Waals surface area contributed by atoms with E-state index in [1.54, 1.807) is 66.7 Å². The molecule has 5 fully saturated rings. The Hall–Kier alpha value is -6.63. The molecule has 134 heavy (non-hydrogen) atoms. The van der Waals surface area contributed by atoms with Crippen molar-refractivity contribution in [3.63, 3.8) is 0 Å². The predicted molar refractivity (Wildman–Crippen MR) is 545 cm³/mol. The van der Waals surface area contributed by atoms with E-state index in [2.05, 4.69) is 187 Å². The Morgan fingerprint density at radius 3 is 1.08 bits per heavy atom. The van der Waals surface area contributed by atoms with Crippen LogP contribution >= 0.6 is 70.2 Å². The second-order valence-corrected chi connectivity index (χ2v) is 62.8. The summed E-state index contributed by atoms with van der Waals surface area (Å²) in [6.07, 6.45) is 19.2. The lowest BCUT2D eigenvalue weighted by Crippen LogP contribution is -2.32. The van der Waals surface area contributed by atoms with Crippen molar-refractivity contribution < 1.29 is 74.7 Å². The van der Waals surface area contributed by atoms with Gasteiger partial charge in [0.15, 0.2) is 90.7 Å². The highest BCUT2D eigenvalue weighted by Gasteiger charge is 2.50. The van der Waals surface area contributed by atoms with Crippen molar-refractivity contribution in [2.24, 2.45) is 0 Å². The predicted octanol–water partition coefficient (Wildman–Crippen LogP) is 5.62. The fraction of sp³-hybridized carbons (Fsp3) is 0.647.